The number of aryl methyl sites for hydroxylation is 1. The molecule has 0 aliphatic heterocycles. The molecule has 3 rings (SSSR count). The number of nitrogens with zero attached hydrogens (tertiary/aromatic N) is 2. The number of carbonyl (C=O) groups is 1. The van der Waals surface area contributed by atoms with Crippen LogP contribution in [0.2, 0.25) is 5.02 Å². The molecule has 2 aromatic carbocycles. The highest BCUT2D eigenvalue weighted by molar-refractivity contribution is 6.32. The number of carbonyl (C=O) groups excluding carboxylic acids is 1. The molecule has 6 nitrogen and oxygen atoms in total. The van der Waals surface area contributed by atoms with Gasteiger partial charge < -0.3 is 14.8 Å². The first kappa shape index (κ1) is 18.8. The lowest BCUT2D eigenvalue weighted by molar-refractivity contribution is -0.116. The predicted octanol–water partition coefficient (Wildman–Crippen LogP) is 4.11. The van der Waals surface area contributed by atoms with Gasteiger partial charge in [-0.05, 0) is 24.1 Å². The average molecular weight is 386 g/mol. The number of para-hydroxylation sites is 1. The molecule has 7 heteroatoms. The molecule has 1 N–H and O–H groups in total. The number of ether oxygens (including phenoxy) is 2. The zero-order valence-electron chi connectivity index (χ0n) is 15.1. The summed E-state index contributed by atoms with van der Waals surface area (Å²) in [6.45, 7) is 0. The molecule has 0 saturated carbocycles. The SMILES string of the molecule is COc1cc(NC(=O)CCc2cnn(-c3ccccc3)c2)c(OC)cc1Cl. The molecule has 0 fully saturated rings. The van der Waals surface area contributed by atoms with Crippen LogP contribution in [0.1, 0.15) is 12.0 Å². The maximum atomic E-state index is 12.3. The smallest absolute Gasteiger partial charge is 0.224 e. The van der Waals surface area contributed by atoms with Crippen molar-refractivity contribution in [3.63, 3.8) is 0 Å². The summed E-state index contributed by atoms with van der Waals surface area (Å²) in [6, 6.07) is 13.1. The number of aromatic nitrogens is 2. The molecule has 0 aliphatic carbocycles. The Kier molecular flexibility index (Phi) is 5.98. The highest BCUT2D eigenvalue weighted by Crippen LogP contribution is 2.35. The van der Waals surface area contributed by atoms with Crippen LogP contribution >= 0.6 is 11.6 Å². The number of amides is 1. The monoisotopic (exact) mass is 385 g/mol. The van der Waals surface area contributed by atoms with Crippen molar-refractivity contribution in [2.75, 3.05) is 19.5 Å². The Morgan fingerprint density at radius 3 is 2.59 bits per heavy atom. The minimum atomic E-state index is -0.134. The first-order chi connectivity index (χ1) is 13.1. The first-order valence-corrected chi connectivity index (χ1v) is 8.79. The topological polar surface area (TPSA) is 65.4 Å². The van der Waals surface area contributed by atoms with E-state index in [-0.39, 0.29) is 5.91 Å². The van der Waals surface area contributed by atoms with Gasteiger partial charge in [-0.2, -0.15) is 5.10 Å². The third kappa shape index (κ3) is 4.60. The number of hydrogen-bond donors (Lipinski definition) is 1. The molecule has 0 aliphatic rings. The highest BCUT2D eigenvalue weighted by atomic mass is 35.5. The Labute approximate surface area is 162 Å². The van der Waals surface area contributed by atoms with Gasteiger partial charge in [-0.15, -0.1) is 0 Å². The second-order valence-electron chi connectivity index (χ2n) is 5.86. The van der Waals surface area contributed by atoms with Crippen LogP contribution in [0.5, 0.6) is 11.5 Å². The summed E-state index contributed by atoms with van der Waals surface area (Å²) in [6.07, 6.45) is 4.58. The second kappa shape index (κ2) is 8.60. The maximum Gasteiger partial charge on any atom is 0.224 e. The number of hydrogen-bond acceptors (Lipinski definition) is 4. The number of methoxy groups -OCH3 is 2. The van der Waals surface area contributed by atoms with E-state index in [0.717, 1.165) is 11.3 Å². The molecule has 1 heterocycles. The van der Waals surface area contributed by atoms with Gasteiger partial charge >= 0.3 is 0 Å². The number of nitrogens with one attached hydrogen (secondary N) is 1. The molecule has 27 heavy (non-hydrogen) atoms. The standard InChI is InChI=1S/C20H20ClN3O3/c1-26-18-11-17(19(27-2)10-16(18)21)23-20(25)9-8-14-12-22-24(13-14)15-6-4-3-5-7-15/h3-7,10-13H,8-9H2,1-2H3,(H,23,25). The molecular formula is C20H20ClN3O3. The van der Waals surface area contributed by atoms with Crippen molar-refractivity contribution in [3.8, 4) is 17.2 Å². The minimum absolute atomic E-state index is 0.134. The minimum Gasteiger partial charge on any atom is -0.495 e. The van der Waals surface area contributed by atoms with Crippen molar-refractivity contribution >= 4 is 23.2 Å². The van der Waals surface area contributed by atoms with E-state index in [0.29, 0.717) is 35.1 Å². The zero-order valence-corrected chi connectivity index (χ0v) is 15.9. The Hall–Kier alpha value is -2.99. The van der Waals surface area contributed by atoms with Gasteiger partial charge in [0.1, 0.15) is 11.5 Å². The van der Waals surface area contributed by atoms with E-state index in [9.17, 15) is 4.79 Å². The van der Waals surface area contributed by atoms with Gasteiger partial charge in [0.15, 0.2) is 0 Å². The number of anilines is 1. The van der Waals surface area contributed by atoms with E-state index in [1.54, 1.807) is 23.0 Å². The third-order valence-electron chi connectivity index (χ3n) is 4.05. The van der Waals surface area contributed by atoms with E-state index >= 15 is 0 Å². The summed E-state index contributed by atoms with van der Waals surface area (Å²) in [7, 11) is 3.04. The lowest BCUT2D eigenvalue weighted by Gasteiger charge is -2.13. The van der Waals surface area contributed by atoms with E-state index < -0.39 is 0 Å². The summed E-state index contributed by atoms with van der Waals surface area (Å²) in [5.41, 5.74) is 2.48. The average Bonchev–Trinajstić information content (AvgIpc) is 3.17. The van der Waals surface area contributed by atoms with E-state index in [2.05, 4.69) is 10.4 Å². The van der Waals surface area contributed by atoms with E-state index in [4.69, 9.17) is 21.1 Å². The predicted molar refractivity (Wildman–Crippen MR) is 105 cm³/mol. The van der Waals surface area contributed by atoms with Crippen LogP contribution in [-0.2, 0) is 11.2 Å². The summed E-state index contributed by atoms with van der Waals surface area (Å²) in [5.74, 6) is 0.813. The lowest BCUT2D eigenvalue weighted by atomic mass is 10.2. The Balaban J connectivity index is 1.63. The Morgan fingerprint density at radius 2 is 1.89 bits per heavy atom. The van der Waals surface area contributed by atoms with Gasteiger partial charge in [0, 0.05) is 24.8 Å². The van der Waals surface area contributed by atoms with Crippen LogP contribution in [0.25, 0.3) is 5.69 Å². The first-order valence-electron chi connectivity index (χ1n) is 8.41. The number of halogens is 1. The van der Waals surface area contributed by atoms with Crippen molar-refractivity contribution in [3.05, 3.63) is 65.4 Å². The molecule has 0 bridgehead atoms. The van der Waals surface area contributed by atoms with Crippen molar-refractivity contribution in [1.82, 2.24) is 9.78 Å². The third-order valence-corrected chi connectivity index (χ3v) is 4.34. The molecule has 1 aromatic heterocycles. The van der Waals surface area contributed by atoms with Gasteiger partial charge in [-0.1, -0.05) is 29.8 Å². The Morgan fingerprint density at radius 1 is 1.15 bits per heavy atom. The van der Waals surface area contributed by atoms with Gasteiger partial charge in [0.05, 0.1) is 36.8 Å². The second-order valence-corrected chi connectivity index (χ2v) is 6.27. The van der Waals surface area contributed by atoms with Gasteiger partial charge in [-0.25, -0.2) is 4.68 Å². The summed E-state index contributed by atoms with van der Waals surface area (Å²) in [5, 5.41) is 7.60. The molecule has 0 spiro atoms. The fourth-order valence-corrected chi connectivity index (χ4v) is 2.87. The van der Waals surface area contributed by atoms with Crippen LogP contribution in [0.15, 0.2) is 54.9 Å². The van der Waals surface area contributed by atoms with Crippen LogP contribution in [0, 0.1) is 0 Å². The molecule has 0 unspecified atom stereocenters. The van der Waals surface area contributed by atoms with Gasteiger partial charge in [-0.3, -0.25) is 4.79 Å². The van der Waals surface area contributed by atoms with Crippen LogP contribution in [0.3, 0.4) is 0 Å². The van der Waals surface area contributed by atoms with Crippen LogP contribution in [0.4, 0.5) is 5.69 Å². The van der Waals surface area contributed by atoms with Crippen LogP contribution < -0.4 is 14.8 Å². The largest absolute Gasteiger partial charge is 0.495 e. The van der Waals surface area contributed by atoms with E-state index in [1.165, 1.54) is 14.2 Å². The van der Waals surface area contributed by atoms with Crippen molar-refractivity contribution < 1.29 is 14.3 Å². The normalized spacial score (nSPS) is 10.5. The fraction of sp³-hybridized carbons (Fsp3) is 0.200. The van der Waals surface area contributed by atoms with Crippen molar-refractivity contribution in [2.45, 2.75) is 12.8 Å². The molecular weight excluding hydrogens is 366 g/mol. The summed E-state index contributed by atoms with van der Waals surface area (Å²) >= 11 is 6.08. The zero-order chi connectivity index (χ0) is 19.2. The molecule has 1 amide bonds. The van der Waals surface area contributed by atoms with Crippen molar-refractivity contribution in [1.29, 1.82) is 0 Å². The molecule has 3 aromatic rings. The fourth-order valence-electron chi connectivity index (χ4n) is 2.64. The van der Waals surface area contributed by atoms with E-state index in [1.807, 2.05) is 36.5 Å². The molecule has 0 atom stereocenters. The lowest BCUT2D eigenvalue weighted by Crippen LogP contribution is -2.13. The molecule has 140 valence electrons. The molecule has 0 saturated heterocycles. The Bertz CT molecular complexity index is 925. The van der Waals surface area contributed by atoms with Crippen LogP contribution in [-0.4, -0.2) is 29.9 Å². The number of benzene rings is 2. The van der Waals surface area contributed by atoms with Gasteiger partial charge in [0.2, 0.25) is 5.91 Å². The quantitative estimate of drug-likeness (QED) is 0.664. The molecule has 0 radical (unpaired) electrons. The van der Waals surface area contributed by atoms with Gasteiger partial charge in [0.25, 0.3) is 0 Å². The summed E-state index contributed by atoms with van der Waals surface area (Å²) < 4.78 is 12.3. The number of rotatable bonds is 7. The maximum absolute atomic E-state index is 12.3. The summed E-state index contributed by atoms with van der Waals surface area (Å²) in [4.78, 5) is 12.3. The van der Waals surface area contributed by atoms with Crippen molar-refractivity contribution in [2.24, 2.45) is 0 Å². The highest BCUT2D eigenvalue weighted by Gasteiger charge is 2.13.